The van der Waals surface area contributed by atoms with Crippen molar-refractivity contribution in [2.75, 3.05) is 13.2 Å². The number of rotatable bonds is 6. The van der Waals surface area contributed by atoms with Crippen molar-refractivity contribution >= 4 is 0 Å². The number of ether oxygens (including phenoxy) is 1. The number of aromatic nitrogens is 2. The van der Waals surface area contributed by atoms with E-state index in [9.17, 15) is 0 Å². The summed E-state index contributed by atoms with van der Waals surface area (Å²) in [4.78, 5) is 4.20. The molecule has 1 rings (SSSR count). The molecule has 15 heavy (non-hydrogen) atoms. The molecule has 1 aromatic rings. The van der Waals surface area contributed by atoms with Crippen LogP contribution in [-0.4, -0.2) is 23.4 Å². The van der Waals surface area contributed by atoms with E-state index in [1.165, 1.54) is 0 Å². The number of hydrogen-bond acceptors (Lipinski definition) is 5. The molecule has 0 spiro atoms. The van der Waals surface area contributed by atoms with Gasteiger partial charge in [0.2, 0.25) is 5.89 Å². The smallest absolute Gasteiger partial charge is 0.229 e. The molecule has 0 radical (unpaired) electrons. The van der Waals surface area contributed by atoms with Crippen molar-refractivity contribution in [3.63, 3.8) is 0 Å². The van der Waals surface area contributed by atoms with Crippen LogP contribution in [0.1, 0.15) is 38.9 Å². The van der Waals surface area contributed by atoms with E-state index < -0.39 is 5.54 Å². The minimum absolute atomic E-state index is 0.535. The van der Waals surface area contributed by atoms with Gasteiger partial charge in [0.25, 0.3) is 0 Å². The van der Waals surface area contributed by atoms with Gasteiger partial charge in [-0.25, -0.2) is 0 Å². The highest BCUT2D eigenvalue weighted by atomic mass is 16.5. The Balaban J connectivity index is 2.40. The topological polar surface area (TPSA) is 74.2 Å². The van der Waals surface area contributed by atoms with Crippen LogP contribution in [0.4, 0.5) is 0 Å². The Morgan fingerprint density at radius 3 is 2.67 bits per heavy atom. The molecule has 2 N–H and O–H groups in total. The second-order valence-corrected chi connectivity index (χ2v) is 4.10. The SMILES string of the molecule is CCCOCCc1nc(C(C)(C)N)no1. The van der Waals surface area contributed by atoms with Crippen LogP contribution in [-0.2, 0) is 16.7 Å². The predicted octanol–water partition coefficient (Wildman–Crippen LogP) is 1.23. The van der Waals surface area contributed by atoms with Gasteiger partial charge in [-0.2, -0.15) is 4.98 Å². The van der Waals surface area contributed by atoms with E-state index in [4.69, 9.17) is 15.0 Å². The van der Waals surface area contributed by atoms with Gasteiger partial charge < -0.3 is 15.0 Å². The van der Waals surface area contributed by atoms with Gasteiger partial charge in [0.1, 0.15) is 0 Å². The van der Waals surface area contributed by atoms with E-state index in [1.807, 2.05) is 13.8 Å². The minimum atomic E-state index is -0.550. The van der Waals surface area contributed by atoms with E-state index in [0.29, 0.717) is 24.7 Å². The summed E-state index contributed by atoms with van der Waals surface area (Å²) in [6.45, 7) is 7.13. The van der Waals surface area contributed by atoms with E-state index in [2.05, 4.69) is 17.1 Å². The van der Waals surface area contributed by atoms with Gasteiger partial charge in [-0.15, -0.1) is 0 Å². The fourth-order valence-electron chi connectivity index (χ4n) is 1.02. The minimum Gasteiger partial charge on any atom is -0.381 e. The van der Waals surface area contributed by atoms with E-state index in [1.54, 1.807) is 0 Å². The van der Waals surface area contributed by atoms with Crippen LogP contribution in [0.25, 0.3) is 0 Å². The van der Waals surface area contributed by atoms with E-state index >= 15 is 0 Å². The van der Waals surface area contributed by atoms with Crippen molar-refractivity contribution in [3.05, 3.63) is 11.7 Å². The van der Waals surface area contributed by atoms with Gasteiger partial charge in [-0.05, 0) is 20.3 Å². The van der Waals surface area contributed by atoms with Crippen molar-refractivity contribution in [3.8, 4) is 0 Å². The molecule has 1 heterocycles. The van der Waals surface area contributed by atoms with Crippen molar-refractivity contribution < 1.29 is 9.26 Å². The Hall–Kier alpha value is -0.940. The molecule has 0 fully saturated rings. The highest BCUT2D eigenvalue weighted by molar-refractivity contribution is 4.98. The fourth-order valence-corrected chi connectivity index (χ4v) is 1.02. The monoisotopic (exact) mass is 213 g/mol. The molecule has 0 saturated heterocycles. The van der Waals surface area contributed by atoms with Crippen LogP contribution >= 0.6 is 0 Å². The second kappa shape index (κ2) is 5.23. The Morgan fingerprint density at radius 2 is 2.13 bits per heavy atom. The summed E-state index contributed by atoms with van der Waals surface area (Å²) in [5.41, 5.74) is 5.28. The standard InChI is InChI=1S/C10H19N3O2/c1-4-6-14-7-5-8-12-9(13-15-8)10(2,3)11/h4-7,11H2,1-3H3. The lowest BCUT2D eigenvalue weighted by Gasteiger charge is -2.11. The zero-order valence-electron chi connectivity index (χ0n) is 9.62. The number of nitrogens with two attached hydrogens (primary N) is 1. The van der Waals surface area contributed by atoms with E-state index in [0.717, 1.165) is 13.0 Å². The molecule has 5 heteroatoms. The molecule has 0 aliphatic rings. The second-order valence-electron chi connectivity index (χ2n) is 4.10. The molecule has 0 amide bonds. The maximum absolute atomic E-state index is 5.83. The number of nitrogens with zero attached hydrogens (tertiary/aromatic N) is 2. The molecule has 86 valence electrons. The van der Waals surface area contributed by atoms with Crippen molar-refractivity contribution in [2.24, 2.45) is 5.73 Å². The average molecular weight is 213 g/mol. The lowest BCUT2D eigenvalue weighted by atomic mass is 10.1. The molecule has 0 atom stereocenters. The van der Waals surface area contributed by atoms with Crippen LogP contribution in [0.15, 0.2) is 4.52 Å². The van der Waals surface area contributed by atoms with Crippen LogP contribution in [0.5, 0.6) is 0 Å². The highest BCUT2D eigenvalue weighted by Gasteiger charge is 2.21. The molecule has 0 aromatic carbocycles. The molecule has 0 saturated carbocycles. The fraction of sp³-hybridized carbons (Fsp3) is 0.800. The molecule has 0 bridgehead atoms. The first kappa shape index (κ1) is 12.1. The molecule has 0 unspecified atom stereocenters. The third kappa shape index (κ3) is 3.97. The van der Waals surface area contributed by atoms with Gasteiger partial charge in [0, 0.05) is 6.61 Å². The van der Waals surface area contributed by atoms with Gasteiger partial charge in [-0.1, -0.05) is 12.1 Å². The molecular formula is C10H19N3O2. The van der Waals surface area contributed by atoms with Crippen molar-refractivity contribution in [1.29, 1.82) is 0 Å². The first-order chi connectivity index (χ1) is 7.04. The average Bonchev–Trinajstić information content (AvgIpc) is 2.60. The largest absolute Gasteiger partial charge is 0.381 e. The third-order valence-electron chi connectivity index (χ3n) is 1.85. The third-order valence-corrected chi connectivity index (χ3v) is 1.85. The zero-order valence-corrected chi connectivity index (χ0v) is 9.62. The predicted molar refractivity (Wildman–Crippen MR) is 56.3 cm³/mol. The van der Waals surface area contributed by atoms with Gasteiger partial charge >= 0.3 is 0 Å². The lowest BCUT2D eigenvalue weighted by molar-refractivity contribution is 0.132. The Morgan fingerprint density at radius 1 is 1.40 bits per heavy atom. The summed E-state index contributed by atoms with van der Waals surface area (Å²) < 4.78 is 10.4. The lowest BCUT2D eigenvalue weighted by Crippen LogP contribution is -2.30. The Kier molecular flexibility index (Phi) is 4.23. The summed E-state index contributed by atoms with van der Waals surface area (Å²) in [6.07, 6.45) is 1.66. The van der Waals surface area contributed by atoms with Crippen LogP contribution in [0, 0.1) is 0 Å². The molecule has 0 aliphatic carbocycles. The molecule has 5 nitrogen and oxygen atoms in total. The maximum Gasteiger partial charge on any atom is 0.229 e. The maximum atomic E-state index is 5.83. The number of hydrogen-bond donors (Lipinski definition) is 1. The molecule has 0 aliphatic heterocycles. The summed E-state index contributed by atoms with van der Waals surface area (Å²) in [7, 11) is 0. The van der Waals surface area contributed by atoms with Crippen molar-refractivity contribution in [2.45, 2.75) is 39.2 Å². The summed E-state index contributed by atoms with van der Waals surface area (Å²) in [5.74, 6) is 1.12. The quantitative estimate of drug-likeness (QED) is 0.719. The Bertz CT molecular complexity index is 291. The highest BCUT2D eigenvalue weighted by Crippen LogP contribution is 2.12. The van der Waals surface area contributed by atoms with Crippen LogP contribution in [0.2, 0.25) is 0 Å². The molecular weight excluding hydrogens is 194 g/mol. The summed E-state index contributed by atoms with van der Waals surface area (Å²) >= 11 is 0. The summed E-state index contributed by atoms with van der Waals surface area (Å²) in [6, 6.07) is 0. The van der Waals surface area contributed by atoms with Crippen LogP contribution < -0.4 is 5.73 Å². The van der Waals surface area contributed by atoms with Gasteiger partial charge in [0.15, 0.2) is 5.82 Å². The van der Waals surface area contributed by atoms with Gasteiger partial charge in [0.05, 0.1) is 18.6 Å². The zero-order chi connectivity index (χ0) is 11.3. The van der Waals surface area contributed by atoms with Crippen LogP contribution in [0.3, 0.4) is 0 Å². The molecule has 1 aromatic heterocycles. The van der Waals surface area contributed by atoms with Crippen molar-refractivity contribution in [1.82, 2.24) is 10.1 Å². The van der Waals surface area contributed by atoms with E-state index in [-0.39, 0.29) is 0 Å². The first-order valence-corrected chi connectivity index (χ1v) is 5.23. The summed E-state index contributed by atoms with van der Waals surface area (Å²) in [5, 5.41) is 3.82. The normalized spacial score (nSPS) is 12.0. The van der Waals surface area contributed by atoms with Gasteiger partial charge in [-0.3, -0.25) is 0 Å². The Labute approximate surface area is 90.0 Å². The first-order valence-electron chi connectivity index (χ1n) is 5.23.